The molecule has 3 heterocycles. The fourth-order valence-electron chi connectivity index (χ4n) is 6.88. The smallest absolute Gasteiger partial charge is 0.312 e. The van der Waals surface area contributed by atoms with Crippen molar-refractivity contribution in [2.24, 2.45) is 17.3 Å². The van der Waals surface area contributed by atoms with Crippen molar-refractivity contribution in [1.82, 2.24) is 19.8 Å². The predicted molar refractivity (Wildman–Crippen MR) is 163 cm³/mol. The van der Waals surface area contributed by atoms with Gasteiger partial charge in [0.25, 0.3) is 5.91 Å². The van der Waals surface area contributed by atoms with E-state index in [4.69, 9.17) is 9.72 Å². The van der Waals surface area contributed by atoms with Crippen molar-refractivity contribution in [3.63, 3.8) is 0 Å². The van der Waals surface area contributed by atoms with E-state index in [2.05, 4.69) is 27.7 Å². The fourth-order valence-corrected chi connectivity index (χ4v) is 6.88. The van der Waals surface area contributed by atoms with Gasteiger partial charge in [0.15, 0.2) is 6.73 Å². The number of hydrogen-bond donors (Lipinski definition) is 2. The van der Waals surface area contributed by atoms with Crippen LogP contribution in [0.25, 0.3) is 0 Å². The summed E-state index contributed by atoms with van der Waals surface area (Å²) in [6.07, 6.45) is 8.01. The molecule has 43 heavy (non-hydrogen) atoms. The normalized spacial score (nSPS) is 24.8. The van der Waals surface area contributed by atoms with Crippen LogP contribution in [0.15, 0.2) is 67.1 Å². The second kappa shape index (κ2) is 11.9. The summed E-state index contributed by atoms with van der Waals surface area (Å²) in [5.74, 6) is -0.391. The number of likely N-dealkylation sites (tertiary alicyclic amines) is 1. The van der Waals surface area contributed by atoms with Crippen molar-refractivity contribution < 1.29 is 19.1 Å². The van der Waals surface area contributed by atoms with E-state index in [-0.39, 0.29) is 54.5 Å². The molecule has 2 amide bonds. The first-order chi connectivity index (χ1) is 20.7. The first kappa shape index (κ1) is 29.0. The lowest BCUT2D eigenvalue weighted by Gasteiger charge is -2.41. The van der Waals surface area contributed by atoms with Crippen LogP contribution in [0.5, 0.6) is 0 Å². The minimum absolute atomic E-state index is 0.0915. The molecule has 1 aliphatic carbocycles. The molecule has 3 aromatic rings. The van der Waals surface area contributed by atoms with Gasteiger partial charge in [0.2, 0.25) is 5.91 Å². The number of hydrogen-bond acceptors (Lipinski definition) is 6. The van der Waals surface area contributed by atoms with E-state index in [1.165, 1.54) is 0 Å². The molecule has 9 nitrogen and oxygen atoms in total. The van der Waals surface area contributed by atoms with Crippen LogP contribution in [-0.2, 0) is 21.1 Å². The summed E-state index contributed by atoms with van der Waals surface area (Å²) >= 11 is 0. The molecule has 3 aliphatic rings. The van der Waals surface area contributed by atoms with Gasteiger partial charge in [-0.25, -0.2) is 4.98 Å². The second-order valence-electron chi connectivity index (χ2n) is 13.1. The van der Waals surface area contributed by atoms with Crippen molar-refractivity contribution in [1.29, 1.82) is 0 Å². The number of imidazole rings is 1. The number of para-hydroxylation sites is 1. The molecule has 226 valence electrons. The molecular formula is C34H41N5O4. The number of carbonyl (C=O) groups is 3. The van der Waals surface area contributed by atoms with Crippen LogP contribution in [-0.4, -0.2) is 44.8 Å². The number of esters is 1. The van der Waals surface area contributed by atoms with Gasteiger partial charge in [0, 0.05) is 36.0 Å². The summed E-state index contributed by atoms with van der Waals surface area (Å²) in [4.78, 5) is 46.5. The highest BCUT2D eigenvalue weighted by Gasteiger charge is 2.49. The van der Waals surface area contributed by atoms with E-state index in [1.807, 2.05) is 69.4 Å². The summed E-state index contributed by atoms with van der Waals surface area (Å²) in [7, 11) is 0. The van der Waals surface area contributed by atoms with Gasteiger partial charge in [0.1, 0.15) is 0 Å². The van der Waals surface area contributed by atoms with Gasteiger partial charge >= 0.3 is 5.97 Å². The maximum atomic E-state index is 14.4. The molecular weight excluding hydrogens is 542 g/mol. The lowest BCUT2D eigenvalue weighted by molar-refractivity contribution is -0.157. The maximum Gasteiger partial charge on any atom is 0.312 e. The van der Waals surface area contributed by atoms with E-state index in [1.54, 1.807) is 10.9 Å². The first-order valence-electron chi connectivity index (χ1n) is 15.4. The number of nitrogens with zero attached hydrogens (tertiary/aromatic N) is 3. The van der Waals surface area contributed by atoms with E-state index >= 15 is 0 Å². The Morgan fingerprint density at radius 2 is 1.74 bits per heavy atom. The van der Waals surface area contributed by atoms with Crippen molar-refractivity contribution in [3.8, 4) is 0 Å². The maximum absolute atomic E-state index is 14.4. The number of benzene rings is 2. The Hall–Kier alpha value is -4.14. The van der Waals surface area contributed by atoms with Gasteiger partial charge < -0.3 is 24.8 Å². The van der Waals surface area contributed by atoms with Gasteiger partial charge in [-0.15, -0.1) is 0 Å². The second-order valence-corrected chi connectivity index (χ2v) is 13.1. The molecule has 1 saturated heterocycles. The van der Waals surface area contributed by atoms with E-state index < -0.39 is 5.41 Å². The predicted octanol–water partition coefficient (Wildman–Crippen LogP) is 5.48. The molecule has 6 rings (SSSR count). The van der Waals surface area contributed by atoms with Crippen LogP contribution in [0, 0.1) is 17.3 Å². The summed E-state index contributed by atoms with van der Waals surface area (Å²) in [5, 5.41) is 6.90. The van der Waals surface area contributed by atoms with Gasteiger partial charge in [0.05, 0.1) is 35.4 Å². The van der Waals surface area contributed by atoms with E-state index in [0.29, 0.717) is 12.1 Å². The van der Waals surface area contributed by atoms with Crippen molar-refractivity contribution >= 4 is 23.5 Å². The third-order valence-electron chi connectivity index (χ3n) is 9.11. The summed E-state index contributed by atoms with van der Waals surface area (Å²) in [6.45, 7) is 6.25. The van der Waals surface area contributed by atoms with Gasteiger partial charge in [-0.1, -0.05) is 49.2 Å². The Kier molecular flexibility index (Phi) is 7.99. The lowest BCUT2D eigenvalue weighted by Crippen LogP contribution is -2.50. The molecule has 2 N–H and O–H groups in total. The Bertz CT molecular complexity index is 1480. The average Bonchev–Trinajstić information content (AvgIpc) is 3.67. The highest BCUT2D eigenvalue weighted by molar-refractivity contribution is 5.95. The molecule has 1 saturated carbocycles. The minimum Gasteiger partial charge on any atom is -0.443 e. The number of anilines is 1. The number of rotatable bonds is 6. The largest absolute Gasteiger partial charge is 0.443 e. The summed E-state index contributed by atoms with van der Waals surface area (Å²) in [5.41, 5.74) is 3.01. The number of ether oxygens (including phenoxy) is 1. The summed E-state index contributed by atoms with van der Waals surface area (Å²) < 4.78 is 7.29. The quantitative estimate of drug-likeness (QED) is 0.373. The minimum atomic E-state index is -0.577. The Morgan fingerprint density at radius 3 is 2.53 bits per heavy atom. The van der Waals surface area contributed by atoms with Crippen LogP contribution < -0.4 is 10.6 Å². The molecule has 2 aromatic carbocycles. The molecule has 0 bridgehead atoms. The Balaban J connectivity index is 1.22. The molecule has 5 atom stereocenters. The average molecular weight is 584 g/mol. The van der Waals surface area contributed by atoms with Crippen LogP contribution in [0.3, 0.4) is 0 Å². The Morgan fingerprint density at radius 1 is 1.00 bits per heavy atom. The SMILES string of the molecule is CC(C)(C)C(=O)OCn1cnc([C@H]2Nc3ccccc3[C@@H]3[C@H]2CCN3C(=O)[C@H]2CCCC[C@H]2NC(=O)c2ccccc2)c1. The molecule has 9 heteroatoms. The summed E-state index contributed by atoms with van der Waals surface area (Å²) in [6, 6.07) is 17.0. The van der Waals surface area contributed by atoms with Gasteiger partial charge in [-0.3, -0.25) is 14.4 Å². The molecule has 0 unspecified atom stereocenters. The molecule has 0 spiro atoms. The highest BCUT2D eigenvalue weighted by atomic mass is 16.5. The first-order valence-corrected chi connectivity index (χ1v) is 15.4. The fraction of sp³-hybridized carbons (Fsp3) is 0.471. The third kappa shape index (κ3) is 5.90. The zero-order valence-electron chi connectivity index (χ0n) is 25.2. The Labute approximate surface area is 253 Å². The number of nitrogens with one attached hydrogen (secondary N) is 2. The monoisotopic (exact) mass is 583 g/mol. The number of fused-ring (bicyclic) bond motifs is 3. The molecule has 1 aromatic heterocycles. The zero-order valence-corrected chi connectivity index (χ0v) is 25.2. The van der Waals surface area contributed by atoms with Crippen LogP contribution in [0.4, 0.5) is 5.69 Å². The number of carbonyl (C=O) groups excluding carboxylic acids is 3. The highest BCUT2D eigenvalue weighted by Crippen LogP contribution is 2.51. The van der Waals surface area contributed by atoms with Crippen LogP contribution in [0.2, 0.25) is 0 Å². The number of amides is 2. The molecule has 2 aliphatic heterocycles. The molecule has 2 fully saturated rings. The topological polar surface area (TPSA) is 106 Å². The van der Waals surface area contributed by atoms with Crippen molar-refractivity contribution in [2.45, 2.75) is 77.7 Å². The zero-order chi connectivity index (χ0) is 30.1. The molecule has 0 radical (unpaired) electrons. The lowest BCUT2D eigenvalue weighted by atomic mass is 9.80. The third-order valence-corrected chi connectivity index (χ3v) is 9.11. The van der Waals surface area contributed by atoms with Crippen LogP contribution in [0.1, 0.15) is 86.6 Å². The van der Waals surface area contributed by atoms with Gasteiger partial charge in [-0.2, -0.15) is 0 Å². The van der Waals surface area contributed by atoms with Gasteiger partial charge in [-0.05, 0) is 63.8 Å². The van der Waals surface area contributed by atoms with E-state index in [0.717, 1.165) is 49.0 Å². The number of aromatic nitrogens is 2. The van der Waals surface area contributed by atoms with E-state index in [9.17, 15) is 14.4 Å². The van der Waals surface area contributed by atoms with Crippen molar-refractivity contribution in [3.05, 3.63) is 83.9 Å². The van der Waals surface area contributed by atoms with Crippen molar-refractivity contribution in [2.75, 3.05) is 11.9 Å². The van der Waals surface area contributed by atoms with Crippen LogP contribution >= 0.6 is 0 Å². The standard InChI is InChI=1S/C34H41N5O4/c1-34(2,3)33(42)43-21-38-19-28(35-20-38)29-25-17-18-39(30(25)23-13-7-9-15-26(23)36-29)32(41)24-14-8-10-16-27(24)37-31(40)22-11-5-4-6-12-22/h4-7,9,11-13,15,19-20,24-25,27,29-30,36H,8,10,14,16-18,21H2,1-3H3,(H,37,40)/t24-,25-,27+,29-,30+/m0/s1.